The molecule has 0 aromatic carbocycles. The monoisotopic (exact) mass is 294 g/mol. The third-order valence-corrected chi connectivity index (χ3v) is 5.69. The summed E-state index contributed by atoms with van der Waals surface area (Å²) in [4.78, 5) is 23.5. The predicted octanol–water partition coefficient (Wildman–Crippen LogP) is 3.28. The van der Waals surface area contributed by atoms with Gasteiger partial charge in [0, 0.05) is 12.2 Å². The van der Waals surface area contributed by atoms with Gasteiger partial charge in [0.25, 0.3) is 0 Å². The van der Waals surface area contributed by atoms with E-state index in [0.717, 1.165) is 11.1 Å². The number of ether oxygens (including phenoxy) is 2. The van der Waals surface area contributed by atoms with Crippen molar-refractivity contribution in [3.8, 4) is 0 Å². The maximum absolute atomic E-state index is 11.7. The SMILES string of the molecule is COC(=O)/C=C1\C(=C/C(=O)OC)C(C)(C)C(C)(C)C1(C)C. The van der Waals surface area contributed by atoms with E-state index >= 15 is 0 Å². The zero-order valence-corrected chi connectivity index (χ0v) is 14.3. The molecule has 0 aromatic heterocycles. The van der Waals surface area contributed by atoms with Crippen LogP contribution >= 0.6 is 0 Å². The van der Waals surface area contributed by atoms with E-state index in [1.54, 1.807) is 0 Å². The van der Waals surface area contributed by atoms with Crippen LogP contribution in [0.5, 0.6) is 0 Å². The van der Waals surface area contributed by atoms with Crippen LogP contribution in [0.2, 0.25) is 0 Å². The quantitative estimate of drug-likeness (QED) is 0.579. The number of rotatable bonds is 2. The van der Waals surface area contributed by atoms with Crippen LogP contribution in [0.1, 0.15) is 41.5 Å². The van der Waals surface area contributed by atoms with Gasteiger partial charge in [-0.25, -0.2) is 9.59 Å². The van der Waals surface area contributed by atoms with Gasteiger partial charge in [0.2, 0.25) is 0 Å². The zero-order chi connectivity index (χ0) is 16.6. The van der Waals surface area contributed by atoms with Gasteiger partial charge in [-0.3, -0.25) is 0 Å². The first kappa shape index (κ1) is 17.5. The largest absolute Gasteiger partial charge is 0.466 e. The molecule has 0 saturated heterocycles. The standard InChI is InChI=1S/C17H26O4/c1-15(2)11(9-13(18)20-7)12(10-14(19)21-8)16(3,4)17(15,5)6/h9-10H,1-8H3/b11-9+,12-10+. The molecule has 0 N–H and O–H groups in total. The second-order valence-electron chi connectivity index (χ2n) is 7.04. The summed E-state index contributed by atoms with van der Waals surface area (Å²) in [5, 5.41) is 0. The molecule has 0 bridgehead atoms. The van der Waals surface area contributed by atoms with Gasteiger partial charge in [0.05, 0.1) is 14.2 Å². The molecule has 1 aliphatic rings. The Labute approximate surface area is 127 Å². The summed E-state index contributed by atoms with van der Waals surface area (Å²) in [7, 11) is 2.70. The summed E-state index contributed by atoms with van der Waals surface area (Å²) < 4.78 is 9.53. The van der Waals surface area contributed by atoms with Crippen molar-refractivity contribution in [1.82, 2.24) is 0 Å². The molecule has 0 unspecified atom stereocenters. The molecule has 1 fully saturated rings. The van der Waals surface area contributed by atoms with E-state index in [0.29, 0.717) is 0 Å². The van der Waals surface area contributed by atoms with Crippen LogP contribution in [0.3, 0.4) is 0 Å². The number of allylic oxidation sites excluding steroid dienone is 2. The Kier molecular flexibility index (Phi) is 4.42. The van der Waals surface area contributed by atoms with Crippen LogP contribution in [0.15, 0.2) is 23.3 Å². The number of esters is 2. The average molecular weight is 294 g/mol. The first-order valence-corrected chi connectivity index (χ1v) is 7.04. The van der Waals surface area contributed by atoms with Gasteiger partial charge < -0.3 is 9.47 Å². The Morgan fingerprint density at radius 2 is 1.05 bits per heavy atom. The van der Waals surface area contributed by atoms with Crippen LogP contribution in [0.4, 0.5) is 0 Å². The molecule has 4 heteroatoms. The Balaban J connectivity index is 3.63. The smallest absolute Gasteiger partial charge is 0.330 e. The minimum Gasteiger partial charge on any atom is -0.466 e. The molecule has 0 heterocycles. The fourth-order valence-electron chi connectivity index (χ4n) is 3.00. The molecule has 1 aliphatic carbocycles. The van der Waals surface area contributed by atoms with Crippen molar-refractivity contribution >= 4 is 11.9 Å². The number of hydrogen-bond acceptors (Lipinski definition) is 4. The van der Waals surface area contributed by atoms with Crippen molar-refractivity contribution in [1.29, 1.82) is 0 Å². The van der Waals surface area contributed by atoms with Crippen LogP contribution in [-0.2, 0) is 19.1 Å². The van der Waals surface area contributed by atoms with Gasteiger partial charge in [-0.2, -0.15) is 0 Å². The van der Waals surface area contributed by atoms with E-state index in [-0.39, 0.29) is 16.2 Å². The maximum atomic E-state index is 11.7. The summed E-state index contributed by atoms with van der Waals surface area (Å²) in [6.45, 7) is 12.6. The highest BCUT2D eigenvalue weighted by Gasteiger charge is 2.59. The fraction of sp³-hybridized carbons (Fsp3) is 0.647. The van der Waals surface area contributed by atoms with Gasteiger partial charge in [-0.05, 0) is 27.4 Å². The van der Waals surface area contributed by atoms with Crippen LogP contribution in [0, 0.1) is 16.2 Å². The fourth-order valence-corrected chi connectivity index (χ4v) is 3.00. The molecular formula is C17H26O4. The first-order chi connectivity index (χ1) is 9.43. The van der Waals surface area contributed by atoms with Crippen molar-refractivity contribution < 1.29 is 19.1 Å². The minimum atomic E-state index is -0.414. The van der Waals surface area contributed by atoms with Crippen molar-refractivity contribution in [2.45, 2.75) is 41.5 Å². The Morgan fingerprint density at radius 3 is 1.29 bits per heavy atom. The third-order valence-electron chi connectivity index (χ3n) is 5.69. The van der Waals surface area contributed by atoms with Crippen molar-refractivity contribution in [3.05, 3.63) is 23.3 Å². The molecule has 4 nitrogen and oxygen atoms in total. The van der Waals surface area contributed by atoms with Gasteiger partial charge >= 0.3 is 11.9 Å². The molecule has 0 spiro atoms. The van der Waals surface area contributed by atoms with E-state index in [4.69, 9.17) is 9.47 Å². The highest BCUT2D eigenvalue weighted by molar-refractivity contribution is 5.88. The molecule has 21 heavy (non-hydrogen) atoms. The Morgan fingerprint density at radius 1 is 0.762 bits per heavy atom. The lowest BCUT2D eigenvalue weighted by Gasteiger charge is -2.43. The molecule has 0 atom stereocenters. The van der Waals surface area contributed by atoms with E-state index in [1.165, 1.54) is 26.4 Å². The molecule has 0 amide bonds. The number of carbonyl (C=O) groups excluding carboxylic acids is 2. The van der Waals surface area contributed by atoms with Crippen molar-refractivity contribution in [2.24, 2.45) is 16.2 Å². The molecule has 0 aromatic rings. The Hall–Kier alpha value is -1.58. The van der Waals surface area contributed by atoms with Gasteiger partial charge in [-0.1, -0.05) is 41.5 Å². The van der Waals surface area contributed by atoms with Crippen LogP contribution < -0.4 is 0 Å². The van der Waals surface area contributed by atoms with Gasteiger partial charge in [0.15, 0.2) is 0 Å². The van der Waals surface area contributed by atoms with Crippen molar-refractivity contribution in [2.75, 3.05) is 14.2 Å². The van der Waals surface area contributed by atoms with Crippen LogP contribution in [0.25, 0.3) is 0 Å². The predicted molar refractivity (Wildman–Crippen MR) is 81.5 cm³/mol. The van der Waals surface area contributed by atoms with Gasteiger partial charge in [-0.15, -0.1) is 0 Å². The summed E-state index contributed by atoms with van der Waals surface area (Å²) in [6.07, 6.45) is 2.98. The van der Waals surface area contributed by atoms with E-state index < -0.39 is 11.9 Å². The lowest BCUT2D eigenvalue weighted by Crippen LogP contribution is -2.37. The minimum absolute atomic E-state index is 0.153. The molecule has 118 valence electrons. The third kappa shape index (κ3) is 2.52. The maximum Gasteiger partial charge on any atom is 0.330 e. The summed E-state index contributed by atoms with van der Waals surface area (Å²) >= 11 is 0. The highest BCUT2D eigenvalue weighted by atomic mass is 16.5. The normalized spacial score (nSPS) is 25.9. The zero-order valence-electron chi connectivity index (χ0n) is 14.3. The number of methoxy groups -OCH3 is 2. The molecule has 0 radical (unpaired) electrons. The second-order valence-corrected chi connectivity index (χ2v) is 7.04. The van der Waals surface area contributed by atoms with Crippen molar-refractivity contribution in [3.63, 3.8) is 0 Å². The number of carbonyl (C=O) groups is 2. The lowest BCUT2D eigenvalue weighted by molar-refractivity contribution is -0.136. The number of hydrogen-bond donors (Lipinski definition) is 0. The lowest BCUT2D eigenvalue weighted by atomic mass is 9.60. The van der Waals surface area contributed by atoms with E-state index in [2.05, 4.69) is 41.5 Å². The molecular weight excluding hydrogens is 268 g/mol. The summed E-state index contributed by atoms with van der Waals surface area (Å²) in [5.74, 6) is -0.829. The van der Waals surface area contributed by atoms with E-state index in [1.807, 2.05) is 0 Å². The van der Waals surface area contributed by atoms with Gasteiger partial charge in [0.1, 0.15) is 0 Å². The average Bonchev–Trinajstić information content (AvgIpc) is 2.48. The van der Waals surface area contributed by atoms with E-state index in [9.17, 15) is 9.59 Å². The first-order valence-electron chi connectivity index (χ1n) is 7.04. The highest BCUT2D eigenvalue weighted by Crippen LogP contribution is 2.67. The summed E-state index contributed by atoms with van der Waals surface area (Å²) in [6, 6.07) is 0. The second kappa shape index (κ2) is 5.32. The van der Waals surface area contributed by atoms with Crippen LogP contribution in [-0.4, -0.2) is 26.2 Å². The Bertz CT molecular complexity index is 473. The summed E-state index contributed by atoms with van der Waals surface area (Å²) in [5.41, 5.74) is 0.930. The molecule has 0 aliphatic heterocycles. The molecule has 1 rings (SSSR count). The molecule has 1 saturated carbocycles. The topological polar surface area (TPSA) is 52.6 Å².